The molecule has 0 amide bonds. The number of methoxy groups -OCH3 is 2. The molecule has 0 heterocycles. The van der Waals surface area contributed by atoms with E-state index in [9.17, 15) is 18.6 Å². The van der Waals surface area contributed by atoms with Crippen LogP contribution in [0.5, 0.6) is 11.5 Å². The summed E-state index contributed by atoms with van der Waals surface area (Å²) in [5, 5.41) is 19.1. The summed E-state index contributed by atoms with van der Waals surface area (Å²) in [6, 6.07) is 11.3. The van der Waals surface area contributed by atoms with Gasteiger partial charge < -0.3 is 72.8 Å². The molecule has 0 aromatic heterocycles. The Balaban J connectivity index is 0.00000118. The van der Waals surface area contributed by atoms with E-state index in [1.165, 1.54) is 12.6 Å². The van der Waals surface area contributed by atoms with Crippen LogP contribution in [0.2, 0.25) is 0 Å². The summed E-state index contributed by atoms with van der Waals surface area (Å²) in [7, 11) is 1.31. The fourth-order valence-corrected chi connectivity index (χ4v) is 5.41. The summed E-state index contributed by atoms with van der Waals surface area (Å²) in [5.41, 5.74) is 8.03. The van der Waals surface area contributed by atoms with Crippen LogP contribution < -0.4 is 15.2 Å². The van der Waals surface area contributed by atoms with Gasteiger partial charge in [-0.2, -0.15) is 8.42 Å². The molecular formula is C44H79NO17S. The Morgan fingerprint density at radius 2 is 0.794 bits per heavy atom. The molecule has 63 heavy (non-hydrogen) atoms. The van der Waals surface area contributed by atoms with Crippen LogP contribution in [0.15, 0.2) is 36.4 Å². The normalized spacial score (nSPS) is 11.2. The fraction of sp³-hybridized carbons (Fsp3) is 0.727. The molecule has 0 spiro atoms. The number of aliphatic hydroxyl groups excluding tert-OH is 2. The van der Waals surface area contributed by atoms with Crippen LogP contribution in [-0.4, -0.2) is 185 Å². The summed E-state index contributed by atoms with van der Waals surface area (Å²) in [5.74, 6) is 1.28. The number of hydrogen-bond donors (Lipinski definition) is 3. The zero-order chi connectivity index (χ0) is 46.5. The zero-order valence-corrected chi connectivity index (χ0v) is 39.4. The average Bonchev–Trinajstić information content (AvgIpc) is 3.29. The Morgan fingerprint density at radius 1 is 0.476 bits per heavy atom. The molecule has 368 valence electrons. The quantitative estimate of drug-likeness (QED) is 0.0645. The number of unbranched alkanes of at least 4 members (excludes halogenated alkanes) is 1. The van der Waals surface area contributed by atoms with Crippen molar-refractivity contribution in [3.8, 4) is 11.5 Å². The van der Waals surface area contributed by atoms with Gasteiger partial charge in [-0.15, -0.1) is 0 Å². The lowest BCUT2D eigenvalue weighted by Gasteiger charge is -2.12. The van der Waals surface area contributed by atoms with Crippen LogP contribution in [0.25, 0.3) is 0 Å². The van der Waals surface area contributed by atoms with Gasteiger partial charge in [-0.1, -0.05) is 25.5 Å². The van der Waals surface area contributed by atoms with Crippen molar-refractivity contribution in [1.82, 2.24) is 0 Å². The number of hydrogen-bond acceptors (Lipinski definition) is 18. The maximum absolute atomic E-state index is 11.0. The van der Waals surface area contributed by atoms with E-state index in [1.807, 2.05) is 18.2 Å². The van der Waals surface area contributed by atoms with E-state index >= 15 is 0 Å². The van der Waals surface area contributed by atoms with Crippen LogP contribution in [0.4, 0.5) is 0 Å². The largest absolute Gasteiger partial charge is 0.491 e. The molecule has 0 fully saturated rings. The monoisotopic (exact) mass is 926 g/mol. The van der Waals surface area contributed by atoms with Crippen LogP contribution in [0, 0.1) is 0 Å². The molecule has 2 aromatic carbocycles. The second-order valence-corrected chi connectivity index (χ2v) is 14.8. The second-order valence-electron chi connectivity index (χ2n) is 13.2. The topological polar surface area (TPSA) is 221 Å². The minimum absolute atomic E-state index is 0.0225. The van der Waals surface area contributed by atoms with Gasteiger partial charge in [-0.3, -0.25) is 4.18 Å². The number of aryl methyl sites for hydroxylation is 1. The van der Waals surface area contributed by atoms with E-state index in [4.69, 9.17) is 61.0 Å². The lowest BCUT2D eigenvalue weighted by Crippen LogP contribution is -2.14. The summed E-state index contributed by atoms with van der Waals surface area (Å²) < 4.78 is 91.0. The molecule has 0 atom stereocenters. The Kier molecular flexibility index (Phi) is 42.8. The lowest BCUT2D eigenvalue weighted by atomic mass is 10.1. The molecule has 2 rings (SSSR count). The van der Waals surface area contributed by atoms with Gasteiger partial charge in [0.1, 0.15) is 24.7 Å². The average molecular weight is 926 g/mol. The minimum Gasteiger partial charge on any atom is -0.491 e. The van der Waals surface area contributed by atoms with Gasteiger partial charge in [0.2, 0.25) is 0 Å². The molecule has 0 radical (unpaired) electrons. The Labute approximate surface area is 376 Å². The van der Waals surface area contributed by atoms with E-state index in [0.717, 1.165) is 42.4 Å². The minimum atomic E-state index is -3.46. The molecule has 0 bridgehead atoms. The van der Waals surface area contributed by atoms with Crippen molar-refractivity contribution in [3.63, 3.8) is 0 Å². The van der Waals surface area contributed by atoms with Crippen LogP contribution in [0.1, 0.15) is 42.0 Å². The first kappa shape index (κ1) is 60.4. The maximum atomic E-state index is 11.0. The summed E-state index contributed by atoms with van der Waals surface area (Å²) in [4.78, 5) is 0. The molecule has 4 N–H and O–H groups in total. The van der Waals surface area contributed by atoms with Crippen molar-refractivity contribution in [1.29, 1.82) is 0 Å². The summed E-state index contributed by atoms with van der Waals surface area (Å²) >= 11 is 0. The van der Waals surface area contributed by atoms with Gasteiger partial charge >= 0.3 is 0 Å². The maximum Gasteiger partial charge on any atom is 0.264 e. The molecule has 0 saturated heterocycles. The van der Waals surface area contributed by atoms with Crippen LogP contribution in [-0.2, 0) is 87.7 Å². The molecule has 0 aliphatic rings. The van der Waals surface area contributed by atoms with Gasteiger partial charge in [0, 0.05) is 25.3 Å². The molecule has 0 aliphatic carbocycles. The molecule has 2 aromatic rings. The van der Waals surface area contributed by atoms with Crippen molar-refractivity contribution < 1.29 is 79.7 Å². The predicted molar refractivity (Wildman–Crippen MR) is 239 cm³/mol. The van der Waals surface area contributed by atoms with E-state index in [1.54, 1.807) is 26.4 Å². The lowest BCUT2D eigenvalue weighted by molar-refractivity contribution is -0.00982. The number of aliphatic hydroxyl groups is 2. The highest BCUT2D eigenvalue weighted by molar-refractivity contribution is 7.85. The number of rotatable bonds is 41. The first-order valence-electron chi connectivity index (χ1n) is 21.5. The van der Waals surface area contributed by atoms with Crippen molar-refractivity contribution >= 4 is 10.1 Å². The third kappa shape index (κ3) is 37.4. The van der Waals surface area contributed by atoms with E-state index in [-0.39, 0.29) is 19.8 Å². The van der Waals surface area contributed by atoms with Gasteiger partial charge in [-0.25, -0.2) is 0 Å². The molecule has 0 saturated carbocycles. The van der Waals surface area contributed by atoms with Gasteiger partial charge in [-0.05, 0) is 61.7 Å². The van der Waals surface area contributed by atoms with Crippen molar-refractivity contribution in [2.75, 3.05) is 166 Å². The first-order valence-corrected chi connectivity index (χ1v) is 23.3. The SMILES string of the molecule is CCCCc1ccc(OCCOCCOCCOCCOCCOC)c(CO)c1.CN.COCCOCCOCCOCCOCCOc1ccc(CCOS(C)(=O)=O)cc1CO. The van der Waals surface area contributed by atoms with E-state index < -0.39 is 10.1 Å². The smallest absolute Gasteiger partial charge is 0.264 e. The zero-order valence-electron chi connectivity index (χ0n) is 38.6. The molecule has 0 unspecified atom stereocenters. The molecular weight excluding hydrogens is 847 g/mol. The van der Waals surface area contributed by atoms with Crippen molar-refractivity contribution in [2.45, 2.75) is 45.8 Å². The molecule has 19 heteroatoms. The second kappa shape index (κ2) is 44.6. The highest BCUT2D eigenvalue weighted by Gasteiger charge is 2.08. The summed E-state index contributed by atoms with van der Waals surface area (Å²) in [6.07, 6.45) is 4.76. The highest BCUT2D eigenvalue weighted by Crippen LogP contribution is 2.22. The standard InChI is InChI=1S/C22H38O7.C21H36O10S.CH5N/c1-3-4-5-20-6-7-22(21(18-20)19-23)29-17-16-28-15-14-27-13-12-26-11-10-25-9-8-24-2;1-25-7-8-26-9-10-27-11-12-28-13-14-29-15-16-30-21-4-3-19(17-20(21)18-22)5-6-31-32(2,23)24;1-2/h6-7,18,23H,3-5,8-17,19H2,1-2H3;3-4,17,22H,5-16,18H2,1-2H3;2H2,1H3. The highest BCUT2D eigenvalue weighted by atomic mass is 32.2. The number of ether oxygens (including phenoxy) is 12. The van der Waals surface area contributed by atoms with Crippen LogP contribution in [0.3, 0.4) is 0 Å². The van der Waals surface area contributed by atoms with E-state index in [2.05, 4.69) is 18.7 Å². The third-order valence-electron chi connectivity index (χ3n) is 8.16. The Hall–Kier alpha value is -2.57. The molecule has 18 nitrogen and oxygen atoms in total. The van der Waals surface area contributed by atoms with Crippen molar-refractivity contribution in [2.24, 2.45) is 5.73 Å². The molecule has 0 aliphatic heterocycles. The fourth-order valence-electron chi connectivity index (χ4n) is 5.03. The number of benzene rings is 2. The van der Waals surface area contributed by atoms with Gasteiger partial charge in [0.25, 0.3) is 10.1 Å². The Morgan fingerprint density at radius 3 is 1.10 bits per heavy atom. The predicted octanol–water partition coefficient (Wildman–Crippen LogP) is 2.98. The first-order chi connectivity index (χ1) is 30.8. The van der Waals surface area contributed by atoms with Crippen molar-refractivity contribution in [3.05, 3.63) is 58.7 Å². The van der Waals surface area contributed by atoms with Gasteiger partial charge in [0.15, 0.2) is 0 Å². The summed E-state index contributed by atoms with van der Waals surface area (Å²) in [6.45, 7) is 12.1. The van der Waals surface area contributed by atoms with Gasteiger partial charge in [0.05, 0.1) is 145 Å². The van der Waals surface area contributed by atoms with Crippen LogP contribution >= 0.6 is 0 Å². The number of nitrogens with two attached hydrogens (primary N) is 1. The third-order valence-corrected chi connectivity index (χ3v) is 8.76. The van der Waals surface area contributed by atoms with E-state index in [0.29, 0.717) is 150 Å². The Bertz CT molecular complexity index is 1410.